The molecular weight excluding hydrogens is 330 g/mol. The molecule has 2 rings (SSSR count). The van der Waals surface area contributed by atoms with Crippen LogP contribution in [0.2, 0.25) is 0 Å². The number of carbonyl (C=O) groups excluding carboxylic acids is 1. The highest BCUT2D eigenvalue weighted by Gasteiger charge is 2.24. The minimum atomic E-state index is -3.91. The van der Waals surface area contributed by atoms with Crippen LogP contribution in [0.4, 0.5) is 0 Å². The number of rotatable bonds is 6. The minimum absolute atomic E-state index is 0.0232. The third kappa shape index (κ3) is 5.03. The van der Waals surface area contributed by atoms with E-state index in [1.807, 2.05) is 6.92 Å². The van der Waals surface area contributed by atoms with Gasteiger partial charge >= 0.3 is 0 Å². The Kier molecular flexibility index (Phi) is 6.37. The Hall–Kier alpha value is -1.44. The van der Waals surface area contributed by atoms with E-state index in [0.717, 1.165) is 24.8 Å². The van der Waals surface area contributed by atoms with Crippen LogP contribution in [-0.2, 0) is 24.3 Å². The highest BCUT2D eigenvalue weighted by atomic mass is 32.2. The van der Waals surface area contributed by atoms with Gasteiger partial charge in [-0.15, -0.1) is 0 Å². The molecule has 0 aliphatic carbocycles. The number of nitrogens with one attached hydrogen (secondary N) is 1. The second-order valence-electron chi connectivity index (χ2n) is 6.20. The summed E-state index contributed by atoms with van der Waals surface area (Å²) in [6.07, 6.45) is 2.13. The number of hydrogen-bond acceptors (Lipinski definition) is 5. The molecule has 0 aromatic heterocycles. The number of aryl methyl sites for hydroxylation is 2. The maximum Gasteiger partial charge on any atom is 0.264 e. The molecule has 1 aromatic carbocycles. The van der Waals surface area contributed by atoms with Gasteiger partial charge in [0.1, 0.15) is 6.10 Å². The zero-order valence-corrected chi connectivity index (χ0v) is 15.2. The van der Waals surface area contributed by atoms with E-state index >= 15 is 0 Å². The van der Waals surface area contributed by atoms with Crippen LogP contribution >= 0.6 is 0 Å². The topological polar surface area (TPSA) is 81.7 Å². The Morgan fingerprint density at radius 2 is 2.12 bits per heavy atom. The molecule has 0 bridgehead atoms. The first-order chi connectivity index (χ1) is 11.3. The van der Waals surface area contributed by atoms with Gasteiger partial charge in [-0.05, 0) is 51.7 Å². The monoisotopic (exact) mass is 355 g/mol. The van der Waals surface area contributed by atoms with Gasteiger partial charge in [0.25, 0.3) is 15.9 Å². The van der Waals surface area contributed by atoms with E-state index in [2.05, 4.69) is 4.72 Å². The molecule has 0 radical (unpaired) electrons. The Morgan fingerprint density at radius 1 is 1.38 bits per heavy atom. The van der Waals surface area contributed by atoms with Gasteiger partial charge < -0.3 is 9.47 Å². The molecule has 2 atom stereocenters. The Balaban J connectivity index is 1.94. The average molecular weight is 355 g/mol. The SMILES string of the molecule is Cc1ccc(S(=O)(=O)NC(=O)[C@@H](C)OC[C@H]2CCCCO2)c(C)c1. The van der Waals surface area contributed by atoms with Crippen LogP contribution in [0.25, 0.3) is 0 Å². The lowest BCUT2D eigenvalue weighted by molar-refractivity contribution is -0.133. The maximum absolute atomic E-state index is 12.4. The van der Waals surface area contributed by atoms with Crippen LogP contribution < -0.4 is 4.72 Å². The standard InChI is InChI=1S/C17H25NO5S/c1-12-7-8-16(13(2)10-12)24(20,21)18-17(19)14(3)23-11-15-6-4-5-9-22-15/h7-8,10,14-15H,4-6,9,11H2,1-3H3,(H,18,19)/t14-,15-/m1/s1. The Bertz CT molecular complexity index is 680. The van der Waals surface area contributed by atoms with Crippen LogP contribution in [0, 0.1) is 13.8 Å². The largest absolute Gasteiger partial charge is 0.376 e. The first kappa shape index (κ1) is 18.9. The van der Waals surface area contributed by atoms with Crippen molar-refractivity contribution in [3.63, 3.8) is 0 Å². The van der Waals surface area contributed by atoms with Crippen molar-refractivity contribution >= 4 is 15.9 Å². The molecule has 1 heterocycles. The van der Waals surface area contributed by atoms with Gasteiger partial charge in [-0.25, -0.2) is 13.1 Å². The fraction of sp³-hybridized carbons (Fsp3) is 0.588. The van der Waals surface area contributed by atoms with E-state index in [-0.39, 0.29) is 17.6 Å². The van der Waals surface area contributed by atoms with Crippen molar-refractivity contribution < 1.29 is 22.7 Å². The van der Waals surface area contributed by atoms with Crippen LogP contribution in [-0.4, -0.2) is 39.7 Å². The number of ether oxygens (including phenoxy) is 2. The number of benzene rings is 1. The van der Waals surface area contributed by atoms with E-state index in [4.69, 9.17) is 9.47 Å². The van der Waals surface area contributed by atoms with Crippen LogP contribution in [0.15, 0.2) is 23.1 Å². The predicted octanol–water partition coefficient (Wildman–Crippen LogP) is 2.08. The maximum atomic E-state index is 12.4. The predicted molar refractivity (Wildman–Crippen MR) is 90.2 cm³/mol. The summed E-state index contributed by atoms with van der Waals surface area (Å²) < 4.78 is 37.8. The normalized spacial score (nSPS) is 19.7. The highest BCUT2D eigenvalue weighted by molar-refractivity contribution is 7.90. The van der Waals surface area contributed by atoms with Gasteiger partial charge in [0, 0.05) is 6.61 Å². The van der Waals surface area contributed by atoms with Crippen molar-refractivity contribution in [2.24, 2.45) is 0 Å². The Labute approximate surface area is 143 Å². The zero-order chi connectivity index (χ0) is 17.7. The zero-order valence-electron chi connectivity index (χ0n) is 14.4. The third-order valence-electron chi connectivity index (χ3n) is 4.03. The molecule has 0 spiro atoms. The molecule has 1 fully saturated rings. The summed E-state index contributed by atoms with van der Waals surface area (Å²) in [5.74, 6) is -0.675. The second kappa shape index (κ2) is 8.09. The molecule has 134 valence electrons. The van der Waals surface area contributed by atoms with Gasteiger partial charge in [0.05, 0.1) is 17.6 Å². The minimum Gasteiger partial charge on any atom is -0.376 e. The van der Waals surface area contributed by atoms with Gasteiger partial charge in [0.15, 0.2) is 0 Å². The molecule has 1 amide bonds. The second-order valence-corrected chi connectivity index (χ2v) is 7.85. The lowest BCUT2D eigenvalue weighted by Gasteiger charge is -2.23. The van der Waals surface area contributed by atoms with Crippen LogP contribution in [0.5, 0.6) is 0 Å². The number of amides is 1. The fourth-order valence-corrected chi connectivity index (χ4v) is 3.91. The molecule has 6 nitrogen and oxygen atoms in total. The van der Waals surface area contributed by atoms with E-state index in [0.29, 0.717) is 12.2 Å². The molecule has 1 aromatic rings. The lowest BCUT2D eigenvalue weighted by atomic mass is 10.1. The number of hydrogen-bond donors (Lipinski definition) is 1. The average Bonchev–Trinajstić information content (AvgIpc) is 2.52. The summed E-state index contributed by atoms with van der Waals surface area (Å²) in [5, 5.41) is 0. The summed E-state index contributed by atoms with van der Waals surface area (Å²) in [7, 11) is -3.91. The van der Waals surface area contributed by atoms with Crippen molar-refractivity contribution in [1.29, 1.82) is 0 Å². The van der Waals surface area contributed by atoms with Gasteiger partial charge in [-0.1, -0.05) is 17.7 Å². The molecule has 1 aliphatic rings. The van der Waals surface area contributed by atoms with Crippen molar-refractivity contribution in [2.45, 2.75) is 57.1 Å². The quantitative estimate of drug-likeness (QED) is 0.845. The molecule has 0 saturated carbocycles. The molecular formula is C17H25NO5S. The summed E-state index contributed by atoms with van der Waals surface area (Å²) in [6.45, 7) is 6.11. The number of carbonyl (C=O) groups is 1. The van der Waals surface area contributed by atoms with Crippen LogP contribution in [0.1, 0.15) is 37.3 Å². The summed E-state index contributed by atoms with van der Waals surface area (Å²) in [6, 6.07) is 4.97. The molecule has 1 saturated heterocycles. The van der Waals surface area contributed by atoms with Gasteiger partial charge in [-0.3, -0.25) is 4.79 Å². The Morgan fingerprint density at radius 3 is 2.75 bits per heavy atom. The van der Waals surface area contributed by atoms with Crippen molar-refractivity contribution in [2.75, 3.05) is 13.2 Å². The third-order valence-corrected chi connectivity index (χ3v) is 5.54. The van der Waals surface area contributed by atoms with Crippen molar-refractivity contribution in [1.82, 2.24) is 4.72 Å². The molecule has 0 unspecified atom stereocenters. The van der Waals surface area contributed by atoms with Crippen molar-refractivity contribution in [3.8, 4) is 0 Å². The first-order valence-electron chi connectivity index (χ1n) is 8.17. The molecule has 7 heteroatoms. The van der Waals surface area contributed by atoms with E-state index < -0.39 is 22.0 Å². The van der Waals surface area contributed by atoms with Crippen LogP contribution in [0.3, 0.4) is 0 Å². The molecule has 1 N–H and O–H groups in total. The van der Waals surface area contributed by atoms with E-state index in [1.165, 1.54) is 13.0 Å². The van der Waals surface area contributed by atoms with E-state index in [1.54, 1.807) is 19.1 Å². The van der Waals surface area contributed by atoms with E-state index in [9.17, 15) is 13.2 Å². The lowest BCUT2D eigenvalue weighted by Crippen LogP contribution is -2.40. The summed E-state index contributed by atoms with van der Waals surface area (Å²) >= 11 is 0. The van der Waals surface area contributed by atoms with Gasteiger partial charge in [0.2, 0.25) is 0 Å². The highest BCUT2D eigenvalue weighted by Crippen LogP contribution is 2.17. The first-order valence-corrected chi connectivity index (χ1v) is 9.65. The number of sulfonamides is 1. The van der Waals surface area contributed by atoms with Gasteiger partial charge in [-0.2, -0.15) is 0 Å². The molecule has 1 aliphatic heterocycles. The van der Waals surface area contributed by atoms with Crippen molar-refractivity contribution in [3.05, 3.63) is 29.3 Å². The molecule has 24 heavy (non-hydrogen) atoms. The smallest absolute Gasteiger partial charge is 0.264 e. The summed E-state index contributed by atoms with van der Waals surface area (Å²) in [5.41, 5.74) is 1.56. The fourth-order valence-electron chi connectivity index (χ4n) is 2.64. The summed E-state index contributed by atoms with van der Waals surface area (Å²) in [4.78, 5) is 12.2.